The van der Waals surface area contributed by atoms with Gasteiger partial charge in [0.15, 0.2) is 0 Å². The molecule has 0 atom stereocenters. The van der Waals surface area contributed by atoms with Crippen LogP contribution in [0.4, 0.5) is 0 Å². The van der Waals surface area contributed by atoms with E-state index in [1.54, 1.807) is 23.9 Å². The van der Waals surface area contributed by atoms with Crippen LogP contribution in [0.1, 0.15) is 28.4 Å². The summed E-state index contributed by atoms with van der Waals surface area (Å²) in [5, 5.41) is 5.60. The summed E-state index contributed by atoms with van der Waals surface area (Å²) in [6.07, 6.45) is 1.60. The van der Waals surface area contributed by atoms with Crippen molar-refractivity contribution >= 4 is 29.2 Å². The first-order valence-electron chi connectivity index (χ1n) is 8.42. The van der Waals surface area contributed by atoms with Gasteiger partial charge in [0.05, 0.1) is 13.2 Å². The first-order chi connectivity index (χ1) is 13.1. The maximum absolute atomic E-state index is 12.3. The van der Waals surface area contributed by atoms with Crippen LogP contribution in [0.2, 0.25) is 10.0 Å². The normalized spacial score (nSPS) is 10.6. The van der Waals surface area contributed by atoms with E-state index in [2.05, 4.69) is 5.10 Å². The molecule has 0 bridgehead atoms. The van der Waals surface area contributed by atoms with Gasteiger partial charge < -0.3 is 9.47 Å². The highest BCUT2D eigenvalue weighted by Crippen LogP contribution is 2.23. The minimum atomic E-state index is -0.489. The zero-order valence-electron chi connectivity index (χ0n) is 14.7. The lowest BCUT2D eigenvalue weighted by Gasteiger charge is -2.07. The number of halogens is 2. The number of carbonyl (C=O) groups excluding carboxylic acids is 1. The van der Waals surface area contributed by atoms with Crippen molar-refractivity contribution in [1.82, 2.24) is 9.78 Å². The Balaban J connectivity index is 1.84. The van der Waals surface area contributed by atoms with Crippen LogP contribution in [0, 0.1) is 0 Å². The molecular weight excluding hydrogens is 387 g/mol. The highest BCUT2D eigenvalue weighted by atomic mass is 35.5. The summed E-state index contributed by atoms with van der Waals surface area (Å²) in [5.74, 6) is -0.294. The second-order valence-corrected chi connectivity index (χ2v) is 6.55. The molecule has 0 N–H and O–H groups in total. The number of ether oxygens (including phenoxy) is 2. The van der Waals surface area contributed by atoms with E-state index in [1.165, 1.54) is 0 Å². The Morgan fingerprint density at radius 3 is 2.30 bits per heavy atom. The van der Waals surface area contributed by atoms with E-state index in [0.717, 1.165) is 11.1 Å². The maximum Gasteiger partial charge on any atom is 0.345 e. The monoisotopic (exact) mass is 404 g/mol. The Labute approximate surface area is 167 Å². The van der Waals surface area contributed by atoms with E-state index < -0.39 is 5.97 Å². The van der Waals surface area contributed by atoms with Gasteiger partial charge in [-0.25, -0.2) is 4.79 Å². The smallest absolute Gasteiger partial charge is 0.345 e. The minimum Gasteiger partial charge on any atom is -0.471 e. The lowest BCUT2D eigenvalue weighted by Crippen LogP contribution is -2.06. The van der Waals surface area contributed by atoms with Crippen LogP contribution >= 0.6 is 23.2 Å². The lowest BCUT2D eigenvalue weighted by molar-refractivity contribution is 0.0521. The van der Waals surface area contributed by atoms with Crippen LogP contribution < -0.4 is 4.74 Å². The highest BCUT2D eigenvalue weighted by molar-refractivity contribution is 6.31. The van der Waals surface area contributed by atoms with Gasteiger partial charge in [-0.1, -0.05) is 59.6 Å². The average molecular weight is 405 g/mol. The lowest BCUT2D eigenvalue weighted by atomic mass is 10.2. The van der Waals surface area contributed by atoms with Gasteiger partial charge in [0.1, 0.15) is 12.2 Å². The fraction of sp³-hybridized carbons (Fsp3) is 0.200. The van der Waals surface area contributed by atoms with Crippen molar-refractivity contribution in [2.24, 2.45) is 0 Å². The highest BCUT2D eigenvalue weighted by Gasteiger charge is 2.20. The van der Waals surface area contributed by atoms with Crippen molar-refractivity contribution < 1.29 is 14.3 Å². The number of benzene rings is 2. The van der Waals surface area contributed by atoms with Crippen molar-refractivity contribution in [3.63, 3.8) is 0 Å². The summed E-state index contributed by atoms with van der Waals surface area (Å²) < 4.78 is 12.5. The van der Waals surface area contributed by atoms with Crippen LogP contribution in [0.5, 0.6) is 5.88 Å². The van der Waals surface area contributed by atoms with Crippen LogP contribution in [-0.4, -0.2) is 22.4 Å². The molecule has 3 rings (SSSR count). The van der Waals surface area contributed by atoms with Gasteiger partial charge in [0.2, 0.25) is 5.88 Å². The Hall–Kier alpha value is -2.50. The average Bonchev–Trinajstić information content (AvgIpc) is 3.06. The Morgan fingerprint density at radius 1 is 1.04 bits per heavy atom. The Kier molecular flexibility index (Phi) is 6.37. The zero-order valence-corrected chi connectivity index (χ0v) is 16.2. The van der Waals surface area contributed by atoms with E-state index >= 15 is 0 Å². The largest absolute Gasteiger partial charge is 0.471 e. The first kappa shape index (κ1) is 19.3. The van der Waals surface area contributed by atoms with Crippen LogP contribution in [0.25, 0.3) is 0 Å². The Bertz CT molecular complexity index is 940. The van der Waals surface area contributed by atoms with Gasteiger partial charge in [0, 0.05) is 21.8 Å². The van der Waals surface area contributed by atoms with E-state index in [4.69, 9.17) is 32.7 Å². The summed E-state index contributed by atoms with van der Waals surface area (Å²) in [7, 11) is 0. The molecule has 2 aromatic carbocycles. The molecule has 0 fully saturated rings. The van der Waals surface area contributed by atoms with Crippen LogP contribution in [0.15, 0.2) is 54.7 Å². The van der Waals surface area contributed by atoms with Crippen LogP contribution in [-0.2, 0) is 17.9 Å². The number of esters is 1. The summed E-state index contributed by atoms with van der Waals surface area (Å²) in [5.41, 5.74) is 1.94. The molecule has 1 heterocycles. The van der Waals surface area contributed by atoms with Gasteiger partial charge in [0.25, 0.3) is 0 Å². The number of carbonyl (C=O) groups is 1. The first-order valence-corrected chi connectivity index (χ1v) is 9.18. The van der Waals surface area contributed by atoms with Gasteiger partial charge in [-0.3, -0.25) is 4.68 Å². The van der Waals surface area contributed by atoms with E-state index in [9.17, 15) is 4.79 Å². The van der Waals surface area contributed by atoms with Crippen molar-refractivity contribution in [2.75, 3.05) is 6.61 Å². The summed E-state index contributed by atoms with van der Waals surface area (Å²) in [6.45, 7) is 2.60. The van der Waals surface area contributed by atoms with Gasteiger partial charge in [-0.2, -0.15) is 0 Å². The third kappa shape index (κ3) is 4.81. The zero-order chi connectivity index (χ0) is 19.2. The molecule has 0 saturated heterocycles. The van der Waals surface area contributed by atoms with Gasteiger partial charge in [-0.05, 0) is 24.6 Å². The van der Waals surface area contributed by atoms with E-state index in [0.29, 0.717) is 16.6 Å². The van der Waals surface area contributed by atoms with E-state index in [-0.39, 0.29) is 24.7 Å². The molecule has 0 saturated carbocycles. The fourth-order valence-electron chi connectivity index (χ4n) is 2.50. The van der Waals surface area contributed by atoms with Crippen molar-refractivity contribution in [2.45, 2.75) is 20.1 Å². The van der Waals surface area contributed by atoms with Gasteiger partial charge in [-0.15, -0.1) is 5.10 Å². The molecule has 0 aliphatic carbocycles. The van der Waals surface area contributed by atoms with Gasteiger partial charge >= 0.3 is 5.97 Å². The van der Waals surface area contributed by atoms with Crippen molar-refractivity contribution in [3.05, 3.63) is 81.5 Å². The SMILES string of the molecule is CCOC(=O)c1cn(Cc2ccccc2Cl)nc1OCc1ccccc1Cl. The summed E-state index contributed by atoms with van der Waals surface area (Å²) in [4.78, 5) is 12.3. The number of hydrogen-bond acceptors (Lipinski definition) is 4. The second-order valence-electron chi connectivity index (χ2n) is 5.74. The third-order valence-electron chi connectivity index (χ3n) is 3.84. The molecule has 0 amide bonds. The van der Waals surface area contributed by atoms with Crippen molar-refractivity contribution in [1.29, 1.82) is 0 Å². The molecule has 0 aliphatic rings. The number of hydrogen-bond donors (Lipinski definition) is 0. The molecule has 0 unspecified atom stereocenters. The summed E-state index contributed by atoms with van der Waals surface area (Å²) in [6, 6.07) is 14.8. The second kappa shape index (κ2) is 8.93. The molecule has 5 nitrogen and oxygen atoms in total. The fourth-order valence-corrected chi connectivity index (χ4v) is 2.89. The molecule has 0 spiro atoms. The number of nitrogens with zero attached hydrogens (tertiary/aromatic N) is 2. The quantitative estimate of drug-likeness (QED) is 0.520. The molecule has 0 radical (unpaired) electrons. The van der Waals surface area contributed by atoms with Crippen molar-refractivity contribution in [3.8, 4) is 5.88 Å². The van der Waals surface area contributed by atoms with Crippen LogP contribution in [0.3, 0.4) is 0 Å². The topological polar surface area (TPSA) is 53.4 Å². The molecule has 27 heavy (non-hydrogen) atoms. The molecule has 1 aromatic heterocycles. The predicted molar refractivity (Wildman–Crippen MR) is 105 cm³/mol. The third-order valence-corrected chi connectivity index (χ3v) is 4.57. The molecule has 7 heteroatoms. The summed E-state index contributed by atoms with van der Waals surface area (Å²) >= 11 is 12.4. The minimum absolute atomic E-state index is 0.190. The molecule has 140 valence electrons. The standard InChI is InChI=1S/C20H18Cl2N2O3/c1-2-26-20(25)16-12-24(11-14-7-3-5-9-17(14)21)23-19(16)27-13-15-8-4-6-10-18(15)22/h3-10,12H,2,11,13H2,1H3. The van der Waals surface area contributed by atoms with E-state index in [1.807, 2.05) is 42.5 Å². The predicted octanol–water partition coefficient (Wildman–Crippen LogP) is 4.99. The maximum atomic E-state index is 12.3. The molecule has 3 aromatic rings. The Morgan fingerprint density at radius 2 is 1.67 bits per heavy atom. The number of rotatable bonds is 7. The molecule has 0 aliphatic heterocycles. The number of aromatic nitrogens is 2. The molecular formula is C20H18Cl2N2O3.